The van der Waals surface area contributed by atoms with Crippen molar-refractivity contribution in [1.29, 1.82) is 0 Å². The molecule has 314 valence electrons. The number of nitrogens with one attached hydrogen (secondary N) is 7. The van der Waals surface area contributed by atoms with Crippen LogP contribution >= 0.6 is 0 Å². The van der Waals surface area contributed by atoms with Crippen LogP contribution in [0.15, 0.2) is 83.9 Å². The van der Waals surface area contributed by atoms with E-state index in [9.17, 15) is 29.1 Å². The summed E-state index contributed by atoms with van der Waals surface area (Å²) in [4.78, 5) is 67.1. The molecular formula is C42H60N10O6. The van der Waals surface area contributed by atoms with E-state index in [2.05, 4.69) is 42.2 Å². The molecule has 0 bridgehead atoms. The number of carbonyl (C=O) groups excluding carboxylic acids is 5. The van der Waals surface area contributed by atoms with Gasteiger partial charge in [0, 0.05) is 57.8 Å². The molecule has 1 unspecified atom stereocenters. The summed E-state index contributed by atoms with van der Waals surface area (Å²) in [6.45, 7) is 4.47. The summed E-state index contributed by atoms with van der Waals surface area (Å²) in [5, 5.41) is 29.9. The van der Waals surface area contributed by atoms with E-state index in [4.69, 9.17) is 11.5 Å². The van der Waals surface area contributed by atoms with Gasteiger partial charge in [-0.05, 0) is 79.6 Å². The summed E-state index contributed by atoms with van der Waals surface area (Å²) in [5.41, 5.74) is 14.5. The van der Waals surface area contributed by atoms with Gasteiger partial charge >= 0.3 is 6.03 Å². The molecule has 0 aliphatic heterocycles. The van der Waals surface area contributed by atoms with Crippen molar-refractivity contribution in [1.82, 2.24) is 31.9 Å². The molecular weight excluding hydrogens is 741 g/mol. The normalized spacial score (nSPS) is 12.1. The number of aromatic hydroxyl groups is 1. The number of carbonyl (C=O) groups is 5. The molecule has 6 amide bonds. The third-order valence-corrected chi connectivity index (χ3v) is 9.03. The molecule has 0 aliphatic rings. The molecule has 12 N–H and O–H groups in total. The van der Waals surface area contributed by atoms with Crippen LogP contribution in [0.4, 0.5) is 10.5 Å². The van der Waals surface area contributed by atoms with E-state index in [1.165, 1.54) is 12.1 Å². The molecule has 16 nitrogen and oxygen atoms in total. The van der Waals surface area contributed by atoms with Gasteiger partial charge in [-0.1, -0.05) is 67.9 Å². The van der Waals surface area contributed by atoms with Gasteiger partial charge in [-0.15, -0.1) is 0 Å². The van der Waals surface area contributed by atoms with Gasteiger partial charge in [0.15, 0.2) is 5.96 Å². The topological polar surface area (TPSA) is 254 Å². The van der Waals surface area contributed by atoms with Gasteiger partial charge in [0.1, 0.15) is 11.8 Å². The predicted molar refractivity (Wildman–Crippen MR) is 226 cm³/mol. The average molecular weight is 801 g/mol. The van der Waals surface area contributed by atoms with E-state index in [0.717, 1.165) is 48.1 Å². The first-order valence-corrected chi connectivity index (χ1v) is 19.9. The molecule has 0 spiro atoms. The van der Waals surface area contributed by atoms with Gasteiger partial charge < -0.3 is 53.8 Å². The first kappa shape index (κ1) is 46.2. The van der Waals surface area contributed by atoms with Crippen LogP contribution in [0.2, 0.25) is 0 Å². The summed E-state index contributed by atoms with van der Waals surface area (Å²) < 4.78 is 0. The number of urea groups is 1. The van der Waals surface area contributed by atoms with Crippen molar-refractivity contribution in [3.8, 4) is 5.75 Å². The number of phenols is 1. The van der Waals surface area contributed by atoms with Gasteiger partial charge in [0.25, 0.3) is 0 Å². The van der Waals surface area contributed by atoms with E-state index < -0.39 is 23.9 Å². The minimum absolute atomic E-state index is 0.0455. The first-order chi connectivity index (χ1) is 28.1. The minimum atomic E-state index is -0.926. The molecule has 0 heterocycles. The number of amides is 6. The fourth-order valence-corrected chi connectivity index (χ4v) is 5.84. The highest BCUT2D eigenvalue weighted by molar-refractivity contribution is 5.93. The van der Waals surface area contributed by atoms with E-state index in [0.29, 0.717) is 38.9 Å². The lowest BCUT2D eigenvalue weighted by atomic mass is 9.90. The van der Waals surface area contributed by atoms with Crippen molar-refractivity contribution in [3.05, 3.63) is 95.6 Å². The Morgan fingerprint density at radius 2 is 1.34 bits per heavy atom. The number of nitrogens with two attached hydrogens (primary N) is 2. The lowest BCUT2D eigenvalue weighted by molar-refractivity contribution is -0.129. The van der Waals surface area contributed by atoms with Crippen LogP contribution in [-0.4, -0.2) is 86.0 Å². The molecule has 3 aromatic rings. The van der Waals surface area contributed by atoms with Crippen molar-refractivity contribution >= 4 is 41.3 Å². The highest BCUT2D eigenvalue weighted by atomic mass is 16.3. The summed E-state index contributed by atoms with van der Waals surface area (Å²) in [6.07, 6.45) is 4.91. The fourth-order valence-electron chi connectivity index (χ4n) is 5.84. The van der Waals surface area contributed by atoms with Crippen LogP contribution < -0.4 is 48.7 Å². The molecule has 0 aliphatic carbocycles. The fraction of sp³-hybridized carbons (Fsp3) is 0.429. The number of anilines is 1. The molecule has 16 heteroatoms. The third kappa shape index (κ3) is 18.2. The molecule has 0 saturated heterocycles. The Balaban J connectivity index is 1.63. The lowest BCUT2D eigenvalue weighted by Gasteiger charge is -2.23. The zero-order chi connectivity index (χ0) is 42.0. The number of hydrogen-bond acceptors (Lipinski definition) is 8. The van der Waals surface area contributed by atoms with Gasteiger partial charge in [-0.25, -0.2) is 4.79 Å². The lowest BCUT2D eigenvalue weighted by Crippen LogP contribution is -2.48. The van der Waals surface area contributed by atoms with Crippen molar-refractivity contribution in [2.75, 3.05) is 44.6 Å². The first-order valence-electron chi connectivity index (χ1n) is 19.9. The Hall–Kier alpha value is -6.16. The van der Waals surface area contributed by atoms with Crippen LogP contribution in [0.5, 0.6) is 5.75 Å². The molecule has 0 radical (unpaired) electrons. The SMILES string of the molecule is CCC(=O)NCCNC(=O)/N=C(/N)NCCC[C@@H](NC(=O)C(c1ccccc1)c1ccc(NCCCNC(=O)CCCCCN)cc1)C(=O)NCc1ccc(O)cc1. The second-order valence-corrected chi connectivity index (χ2v) is 13.6. The second kappa shape index (κ2) is 26.6. The van der Waals surface area contributed by atoms with Crippen LogP contribution in [0.3, 0.4) is 0 Å². The molecule has 0 saturated carbocycles. The molecule has 0 aromatic heterocycles. The van der Waals surface area contributed by atoms with E-state index in [-0.39, 0.29) is 62.0 Å². The summed E-state index contributed by atoms with van der Waals surface area (Å²) >= 11 is 0. The van der Waals surface area contributed by atoms with Crippen molar-refractivity contribution in [2.24, 2.45) is 16.5 Å². The molecule has 3 aromatic carbocycles. The number of benzene rings is 3. The Kier molecular flexibility index (Phi) is 21.2. The zero-order valence-corrected chi connectivity index (χ0v) is 33.4. The maximum absolute atomic E-state index is 14.2. The molecule has 0 fully saturated rings. The number of unbranched alkanes of at least 4 members (excludes halogenated alkanes) is 2. The summed E-state index contributed by atoms with van der Waals surface area (Å²) in [5.74, 6) is -1.58. The maximum atomic E-state index is 14.2. The third-order valence-electron chi connectivity index (χ3n) is 9.03. The Morgan fingerprint density at radius 3 is 2.05 bits per heavy atom. The summed E-state index contributed by atoms with van der Waals surface area (Å²) in [6, 6.07) is 21.7. The Morgan fingerprint density at radius 1 is 0.672 bits per heavy atom. The van der Waals surface area contributed by atoms with Gasteiger partial charge in [0.05, 0.1) is 5.92 Å². The quantitative estimate of drug-likeness (QED) is 0.0341. The number of phenolic OH excluding ortho intramolecular Hbond substituents is 1. The van der Waals surface area contributed by atoms with Gasteiger partial charge in [0.2, 0.25) is 23.6 Å². The predicted octanol–water partition coefficient (Wildman–Crippen LogP) is 2.68. The van der Waals surface area contributed by atoms with Crippen molar-refractivity contribution in [3.63, 3.8) is 0 Å². The number of hydrogen-bond donors (Lipinski definition) is 10. The standard InChI is InChI=1S/C42H60N10O6/c1-2-36(54)47-27-28-49-42(58)52-41(44)48-24-9-13-35(39(56)50-29-30-15-21-34(53)22-16-30)51-40(57)38(31-11-5-3-6-12-31)32-17-19-33(20-18-32)45-25-10-26-46-37(55)14-7-4-8-23-43/h3,5-6,11-12,15-22,35,38,45,53H,2,4,7-10,13-14,23-29,43H2,1H3,(H,46,55)(H,47,54)(H,50,56)(H,51,57)(H4,44,48,49,52,58)/t35-,38?/m1/s1. The number of guanidine groups is 1. The van der Waals surface area contributed by atoms with E-state index >= 15 is 0 Å². The maximum Gasteiger partial charge on any atom is 0.344 e. The Bertz CT molecular complexity index is 1740. The largest absolute Gasteiger partial charge is 0.508 e. The second-order valence-electron chi connectivity index (χ2n) is 13.6. The van der Waals surface area contributed by atoms with Crippen LogP contribution in [0.25, 0.3) is 0 Å². The molecule has 3 rings (SSSR count). The molecule has 2 atom stereocenters. The average Bonchev–Trinajstić information content (AvgIpc) is 3.22. The molecule has 58 heavy (non-hydrogen) atoms. The van der Waals surface area contributed by atoms with Crippen molar-refractivity contribution < 1.29 is 29.1 Å². The Labute approximate surface area is 340 Å². The van der Waals surface area contributed by atoms with Crippen LogP contribution in [0, 0.1) is 0 Å². The minimum Gasteiger partial charge on any atom is -0.508 e. The monoisotopic (exact) mass is 800 g/mol. The van der Waals surface area contributed by atoms with E-state index in [1.54, 1.807) is 19.1 Å². The number of aliphatic imine (C=N–C) groups is 1. The highest BCUT2D eigenvalue weighted by Crippen LogP contribution is 2.27. The number of rotatable bonds is 25. The number of nitrogens with zero attached hydrogens (tertiary/aromatic N) is 1. The highest BCUT2D eigenvalue weighted by Gasteiger charge is 2.28. The zero-order valence-electron chi connectivity index (χ0n) is 33.4. The van der Waals surface area contributed by atoms with E-state index in [1.807, 2.05) is 54.6 Å². The van der Waals surface area contributed by atoms with Gasteiger partial charge in [-0.2, -0.15) is 4.99 Å². The summed E-state index contributed by atoms with van der Waals surface area (Å²) in [7, 11) is 0. The smallest absolute Gasteiger partial charge is 0.344 e. The van der Waals surface area contributed by atoms with Crippen molar-refractivity contribution in [2.45, 2.75) is 76.8 Å². The van der Waals surface area contributed by atoms with Crippen LogP contribution in [-0.2, 0) is 25.7 Å². The van der Waals surface area contributed by atoms with Crippen LogP contribution in [0.1, 0.15) is 80.9 Å². The van der Waals surface area contributed by atoms with Gasteiger partial charge in [-0.3, -0.25) is 19.2 Å².